The molecule has 2 rings (SSSR count). The van der Waals surface area contributed by atoms with Crippen molar-refractivity contribution in [2.24, 2.45) is 11.8 Å². The molecule has 2 heterocycles. The molecule has 0 aromatic rings. The maximum Gasteiger partial charge on any atom is 0.163 e. The average Bonchev–Trinajstić information content (AvgIpc) is 2.69. The Balaban J connectivity index is 2.10. The van der Waals surface area contributed by atoms with Crippen LogP contribution in [0.15, 0.2) is 12.2 Å². The number of allylic oxidation sites excluding steroid dienone is 1. The van der Waals surface area contributed by atoms with Crippen molar-refractivity contribution < 1.29 is 19.0 Å². The van der Waals surface area contributed by atoms with Crippen molar-refractivity contribution >= 4 is 5.78 Å². The Morgan fingerprint density at radius 1 is 1.30 bits per heavy atom. The molecule has 0 saturated carbocycles. The van der Waals surface area contributed by atoms with E-state index in [9.17, 15) is 4.79 Å². The molecule has 0 spiro atoms. The van der Waals surface area contributed by atoms with Gasteiger partial charge >= 0.3 is 0 Å². The lowest BCUT2D eigenvalue weighted by molar-refractivity contribution is -0.178. The van der Waals surface area contributed by atoms with E-state index in [-0.39, 0.29) is 35.9 Å². The molecule has 0 N–H and O–H groups in total. The van der Waals surface area contributed by atoms with Gasteiger partial charge in [-0.25, -0.2) is 0 Å². The zero-order valence-corrected chi connectivity index (χ0v) is 13.1. The molecule has 4 heteroatoms. The Morgan fingerprint density at radius 3 is 2.50 bits per heavy atom. The molecule has 2 aliphatic heterocycles. The lowest BCUT2D eigenvalue weighted by Crippen LogP contribution is -2.48. The molecule has 20 heavy (non-hydrogen) atoms. The molecule has 4 atom stereocenters. The summed E-state index contributed by atoms with van der Waals surface area (Å²) in [4.78, 5) is 12.4. The highest BCUT2D eigenvalue weighted by atomic mass is 16.7. The van der Waals surface area contributed by atoms with Gasteiger partial charge in [-0.3, -0.25) is 4.79 Å². The zero-order valence-electron chi connectivity index (χ0n) is 13.1. The monoisotopic (exact) mass is 282 g/mol. The van der Waals surface area contributed by atoms with Crippen molar-refractivity contribution in [2.75, 3.05) is 6.61 Å². The summed E-state index contributed by atoms with van der Waals surface area (Å²) in [6.45, 7) is 10.4. The van der Waals surface area contributed by atoms with Gasteiger partial charge < -0.3 is 14.2 Å². The molecule has 2 fully saturated rings. The molecule has 2 aliphatic rings. The second-order valence-corrected chi connectivity index (χ2v) is 6.47. The fourth-order valence-corrected chi connectivity index (χ4v) is 3.08. The number of rotatable bonds is 3. The SMILES string of the molecule is C/C=C/[C@H]1O[C@@H]([C@H]2COC(C)(C)O2)CC(=O)[C@H]1C(C)C. The first-order chi connectivity index (χ1) is 9.34. The van der Waals surface area contributed by atoms with Crippen LogP contribution in [-0.2, 0) is 19.0 Å². The van der Waals surface area contributed by atoms with Gasteiger partial charge in [0, 0.05) is 12.3 Å². The third kappa shape index (κ3) is 3.30. The van der Waals surface area contributed by atoms with Gasteiger partial charge in [-0.05, 0) is 26.7 Å². The maximum atomic E-state index is 12.4. The van der Waals surface area contributed by atoms with Crippen molar-refractivity contribution in [3.8, 4) is 0 Å². The van der Waals surface area contributed by atoms with E-state index in [0.717, 1.165) is 0 Å². The molecule has 0 aromatic heterocycles. The van der Waals surface area contributed by atoms with Gasteiger partial charge in [0.25, 0.3) is 0 Å². The Morgan fingerprint density at radius 2 is 2.00 bits per heavy atom. The first kappa shape index (κ1) is 15.7. The summed E-state index contributed by atoms with van der Waals surface area (Å²) >= 11 is 0. The molecule has 114 valence electrons. The van der Waals surface area contributed by atoms with Gasteiger partial charge in [0.1, 0.15) is 11.9 Å². The van der Waals surface area contributed by atoms with Crippen LogP contribution in [0.3, 0.4) is 0 Å². The number of carbonyl (C=O) groups is 1. The molecular weight excluding hydrogens is 256 g/mol. The topological polar surface area (TPSA) is 44.8 Å². The van der Waals surface area contributed by atoms with Gasteiger partial charge in [0.15, 0.2) is 5.79 Å². The molecular formula is C16H26O4. The maximum absolute atomic E-state index is 12.4. The van der Waals surface area contributed by atoms with E-state index in [2.05, 4.69) is 13.8 Å². The summed E-state index contributed by atoms with van der Waals surface area (Å²) in [5, 5.41) is 0. The van der Waals surface area contributed by atoms with Crippen LogP contribution in [0.2, 0.25) is 0 Å². The molecule has 0 amide bonds. The van der Waals surface area contributed by atoms with Crippen LogP contribution in [0.4, 0.5) is 0 Å². The Hall–Kier alpha value is -0.710. The molecule has 0 aromatic carbocycles. The van der Waals surface area contributed by atoms with Crippen LogP contribution in [0, 0.1) is 11.8 Å². The Labute approximate surface area is 121 Å². The number of ether oxygens (including phenoxy) is 3. The first-order valence-electron chi connectivity index (χ1n) is 7.47. The highest BCUT2D eigenvalue weighted by Gasteiger charge is 2.45. The van der Waals surface area contributed by atoms with Crippen molar-refractivity contribution in [3.05, 3.63) is 12.2 Å². The highest BCUT2D eigenvalue weighted by molar-refractivity contribution is 5.83. The van der Waals surface area contributed by atoms with Crippen molar-refractivity contribution in [3.63, 3.8) is 0 Å². The summed E-state index contributed by atoms with van der Waals surface area (Å²) in [5.41, 5.74) is 0. The average molecular weight is 282 g/mol. The minimum Gasteiger partial charge on any atom is -0.367 e. The van der Waals surface area contributed by atoms with Crippen LogP contribution in [0.5, 0.6) is 0 Å². The number of hydrogen-bond acceptors (Lipinski definition) is 4. The minimum absolute atomic E-state index is 0.0576. The number of carbonyl (C=O) groups excluding carboxylic acids is 1. The normalized spacial score (nSPS) is 38.0. The molecule has 4 nitrogen and oxygen atoms in total. The van der Waals surface area contributed by atoms with Crippen LogP contribution < -0.4 is 0 Å². The molecule has 2 saturated heterocycles. The minimum atomic E-state index is -0.581. The fourth-order valence-electron chi connectivity index (χ4n) is 3.08. The Kier molecular flexibility index (Phi) is 4.67. The van der Waals surface area contributed by atoms with E-state index in [1.807, 2.05) is 32.9 Å². The lowest BCUT2D eigenvalue weighted by atomic mass is 9.81. The molecule has 0 bridgehead atoms. The second kappa shape index (κ2) is 5.96. The van der Waals surface area contributed by atoms with E-state index in [1.165, 1.54) is 0 Å². The van der Waals surface area contributed by atoms with E-state index in [0.29, 0.717) is 13.0 Å². The summed E-state index contributed by atoms with van der Waals surface area (Å²) < 4.78 is 17.6. The van der Waals surface area contributed by atoms with E-state index in [4.69, 9.17) is 14.2 Å². The molecule has 0 unspecified atom stereocenters. The predicted octanol–water partition coefficient (Wildman–Crippen LogP) is 2.71. The second-order valence-electron chi connectivity index (χ2n) is 6.47. The highest BCUT2D eigenvalue weighted by Crippen LogP contribution is 2.34. The van der Waals surface area contributed by atoms with Crippen molar-refractivity contribution in [1.29, 1.82) is 0 Å². The largest absolute Gasteiger partial charge is 0.367 e. The third-order valence-corrected chi connectivity index (χ3v) is 4.01. The number of Topliss-reactive ketones (excluding diaryl/α,β-unsaturated/α-hetero) is 1. The number of ketones is 1. The van der Waals surface area contributed by atoms with Gasteiger partial charge in [-0.15, -0.1) is 0 Å². The Bertz CT molecular complexity index is 386. The van der Waals surface area contributed by atoms with Gasteiger partial charge in [-0.2, -0.15) is 0 Å². The van der Waals surface area contributed by atoms with Crippen LogP contribution in [0.1, 0.15) is 41.0 Å². The lowest BCUT2D eigenvalue weighted by Gasteiger charge is -2.38. The standard InChI is InChI=1S/C16H26O4/c1-6-7-12-15(10(2)3)11(17)8-13(19-12)14-9-18-16(4,5)20-14/h6-7,10,12-15H,8-9H2,1-5H3/b7-6+/t12-,13-,14-,15-/m1/s1. The van der Waals surface area contributed by atoms with Gasteiger partial charge in [0.2, 0.25) is 0 Å². The quantitative estimate of drug-likeness (QED) is 0.747. The van der Waals surface area contributed by atoms with Crippen LogP contribution in [-0.4, -0.2) is 36.5 Å². The van der Waals surface area contributed by atoms with Crippen LogP contribution in [0.25, 0.3) is 0 Å². The molecule has 0 aliphatic carbocycles. The van der Waals surface area contributed by atoms with Gasteiger partial charge in [-0.1, -0.05) is 26.0 Å². The van der Waals surface area contributed by atoms with E-state index in [1.54, 1.807) is 0 Å². The summed E-state index contributed by atoms with van der Waals surface area (Å²) in [6, 6.07) is 0. The van der Waals surface area contributed by atoms with Crippen molar-refractivity contribution in [1.82, 2.24) is 0 Å². The van der Waals surface area contributed by atoms with Gasteiger partial charge in [0.05, 0.1) is 18.8 Å². The van der Waals surface area contributed by atoms with E-state index >= 15 is 0 Å². The van der Waals surface area contributed by atoms with Crippen LogP contribution >= 0.6 is 0 Å². The first-order valence-corrected chi connectivity index (χ1v) is 7.47. The smallest absolute Gasteiger partial charge is 0.163 e. The predicted molar refractivity (Wildman–Crippen MR) is 76.3 cm³/mol. The summed E-state index contributed by atoms with van der Waals surface area (Å²) in [7, 11) is 0. The van der Waals surface area contributed by atoms with E-state index < -0.39 is 5.79 Å². The van der Waals surface area contributed by atoms with Crippen molar-refractivity contribution in [2.45, 2.75) is 65.1 Å². The molecule has 0 radical (unpaired) electrons. The summed E-state index contributed by atoms with van der Waals surface area (Å²) in [5.74, 6) is -0.0884. The third-order valence-electron chi connectivity index (χ3n) is 4.01. The fraction of sp³-hybridized carbons (Fsp3) is 0.812. The summed E-state index contributed by atoms with van der Waals surface area (Å²) in [6.07, 6.45) is 3.83. The zero-order chi connectivity index (χ0) is 14.9. The number of hydrogen-bond donors (Lipinski definition) is 0.